The highest BCUT2D eigenvalue weighted by atomic mass is 35.5. The summed E-state index contributed by atoms with van der Waals surface area (Å²) in [7, 11) is 0. The van der Waals surface area contributed by atoms with Crippen LogP contribution in [0.4, 0.5) is 0 Å². The summed E-state index contributed by atoms with van der Waals surface area (Å²) in [5, 5.41) is 5.53. The fourth-order valence-corrected chi connectivity index (χ4v) is 2.84. The Morgan fingerprint density at radius 3 is 2.20 bits per heavy atom. The maximum Gasteiger partial charge on any atom is 0.0595 e. The van der Waals surface area contributed by atoms with E-state index in [2.05, 4.69) is 19.2 Å². The van der Waals surface area contributed by atoms with E-state index >= 15 is 0 Å². The van der Waals surface area contributed by atoms with Crippen LogP contribution in [-0.4, -0.2) is 6.54 Å². The van der Waals surface area contributed by atoms with Gasteiger partial charge in [0.25, 0.3) is 0 Å². The topological polar surface area (TPSA) is 12.0 Å². The number of nitrogens with one attached hydrogen (secondary N) is 1. The predicted molar refractivity (Wildman–Crippen MR) is 88.2 cm³/mol. The Hall–Kier alpha value is -0.730. The Balaban J connectivity index is 2.55. The molecule has 4 heteroatoms. The maximum absolute atomic E-state index is 6.34. The smallest absolute Gasteiger partial charge is 0.0595 e. The van der Waals surface area contributed by atoms with Crippen LogP contribution < -0.4 is 5.32 Å². The molecule has 2 aromatic carbocycles. The molecule has 1 N–H and O–H groups in total. The summed E-state index contributed by atoms with van der Waals surface area (Å²) in [5.41, 5.74) is 3.24. The Morgan fingerprint density at radius 1 is 0.950 bits per heavy atom. The summed E-state index contributed by atoms with van der Waals surface area (Å²) in [6, 6.07) is 11.4. The van der Waals surface area contributed by atoms with Gasteiger partial charge >= 0.3 is 0 Å². The lowest BCUT2D eigenvalue weighted by molar-refractivity contribution is 0.628. The van der Waals surface area contributed by atoms with E-state index in [0.29, 0.717) is 15.1 Å². The molecule has 0 saturated carbocycles. The fourth-order valence-electron chi connectivity index (χ4n) is 2.25. The molecule has 0 saturated heterocycles. The molecule has 2 rings (SSSR count). The summed E-state index contributed by atoms with van der Waals surface area (Å²) in [5.74, 6) is 0. The Kier molecular flexibility index (Phi) is 5.34. The highest BCUT2D eigenvalue weighted by Gasteiger charge is 2.18. The number of halogens is 3. The van der Waals surface area contributed by atoms with Gasteiger partial charge in [-0.25, -0.2) is 0 Å². The monoisotopic (exact) mass is 327 g/mol. The molecular formula is C16H16Cl3N. The van der Waals surface area contributed by atoms with Gasteiger partial charge in [0.2, 0.25) is 0 Å². The number of hydrogen-bond donors (Lipinski definition) is 1. The van der Waals surface area contributed by atoms with Gasteiger partial charge in [-0.05, 0) is 60.5 Å². The largest absolute Gasteiger partial charge is 0.306 e. The van der Waals surface area contributed by atoms with Crippen molar-refractivity contribution in [2.24, 2.45) is 0 Å². The Morgan fingerprint density at radius 2 is 1.55 bits per heavy atom. The van der Waals surface area contributed by atoms with Gasteiger partial charge in [0.15, 0.2) is 0 Å². The van der Waals surface area contributed by atoms with Gasteiger partial charge in [-0.2, -0.15) is 0 Å². The molecule has 1 nitrogen and oxygen atoms in total. The first-order valence-corrected chi connectivity index (χ1v) is 7.60. The van der Waals surface area contributed by atoms with Crippen LogP contribution in [0.5, 0.6) is 0 Å². The van der Waals surface area contributed by atoms with Gasteiger partial charge in [-0.3, -0.25) is 0 Å². The molecule has 0 fully saturated rings. The molecule has 0 radical (unpaired) electrons. The highest BCUT2D eigenvalue weighted by Crippen LogP contribution is 2.33. The second-order valence-corrected chi connectivity index (χ2v) is 5.94. The zero-order valence-corrected chi connectivity index (χ0v) is 13.7. The van der Waals surface area contributed by atoms with Crippen LogP contribution >= 0.6 is 34.8 Å². The number of benzene rings is 2. The summed E-state index contributed by atoms with van der Waals surface area (Å²) < 4.78 is 0. The Bertz CT molecular complexity index is 559. The molecule has 106 valence electrons. The third kappa shape index (κ3) is 3.48. The lowest BCUT2D eigenvalue weighted by atomic mass is 9.95. The SMILES string of the molecule is CCNC(c1cc(Cl)ccc1C)c1cc(Cl)ccc1Cl. The van der Waals surface area contributed by atoms with Crippen molar-refractivity contribution < 1.29 is 0 Å². The molecule has 0 aliphatic carbocycles. The van der Waals surface area contributed by atoms with Crippen molar-refractivity contribution in [3.8, 4) is 0 Å². The second kappa shape index (κ2) is 6.82. The fraction of sp³-hybridized carbons (Fsp3) is 0.250. The minimum absolute atomic E-state index is 0.0232. The second-order valence-electron chi connectivity index (χ2n) is 4.66. The van der Waals surface area contributed by atoms with Crippen molar-refractivity contribution in [2.75, 3.05) is 6.54 Å². The highest BCUT2D eigenvalue weighted by molar-refractivity contribution is 6.33. The van der Waals surface area contributed by atoms with Crippen molar-refractivity contribution >= 4 is 34.8 Å². The summed E-state index contributed by atoms with van der Waals surface area (Å²) in [6.45, 7) is 4.94. The van der Waals surface area contributed by atoms with Gasteiger partial charge < -0.3 is 5.32 Å². The van der Waals surface area contributed by atoms with Gasteiger partial charge in [-0.15, -0.1) is 0 Å². The molecule has 0 bridgehead atoms. The van der Waals surface area contributed by atoms with Crippen LogP contribution in [-0.2, 0) is 0 Å². The van der Waals surface area contributed by atoms with Crippen LogP contribution in [0.2, 0.25) is 15.1 Å². The number of hydrogen-bond acceptors (Lipinski definition) is 1. The molecule has 1 unspecified atom stereocenters. The van der Waals surface area contributed by atoms with E-state index < -0.39 is 0 Å². The van der Waals surface area contributed by atoms with E-state index in [9.17, 15) is 0 Å². The summed E-state index contributed by atoms with van der Waals surface area (Å²) in [4.78, 5) is 0. The lowest BCUT2D eigenvalue weighted by Crippen LogP contribution is -2.23. The number of aryl methyl sites for hydroxylation is 1. The van der Waals surface area contributed by atoms with Crippen molar-refractivity contribution in [1.29, 1.82) is 0 Å². The van der Waals surface area contributed by atoms with Gasteiger partial charge in [0, 0.05) is 15.1 Å². The normalized spacial score (nSPS) is 12.4. The van der Waals surface area contributed by atoms with Crippen LogP contribution in [0.15, 0.2) is 36.4 Å². The molecule has 0 heterocycles. The minimum Gasteiger partial charge on any atom is -0.306 e. The average molecular weight is 329 g/mol. The molecule has 20 heavy (non-hydrogen) atoms. The van der Waals surface area contributed by atoms with Crippen LogP contribution in [0, 0.1) is 6.92 Å². The Labute approximate surface area is 134 Å². The minimum atomic E-state index is -0.0232. The molecule has 0 amide bonds. The van der Waals surface area contributed by atoms with E-state index in [1.807, 2.05) is 30.3 Å². The van der Waals surface area contributed by atoms with Crippen molar-refractivity contribution in [3.63, 3.8) is 0 Å². The van der Waals surface area contributed by atoms with E-state index in [-0.39, 0.29) is 6.04 Å². The predicted octanol–water partition coefficient (Wildman–Crippen LogP) is 5.65. The van der Waals surface area contributed by atoms with Crippen molar-refractivity contribution in [3.05, 3.63) is 68.2 Å². The molecule has 0 spiro atoms. The molecule has 1 atom stereocenters. The van der Waals surface area contributed by atoms with Gasteiger partial charge in [0.1, 0.15) is 0 Å². The summed E-state index contributed by atoms with van der Waals surface area (Å²) in [6.07, 6.45) is 0. The molecule has 0 aliphatic heterocycles. The molecule has 2 aromatic rings. The third-order valence-corrected chi connectivity index (χ3v) is 4.04. The standard InChI is InChI=1S/C16H16Cl3N/c1-3-20-16(13-8-11(17)5-4-10(13)2)14-9-12(18)6-7-15(14)19/h4-9,16,20H,3H2,1-2H3. The zero-order chi connectivity index (χ0) is 14.7. The van der Waals surface area contributed by atoms with E-state index in [0.717, 1.165) is 23.2 Å². The van der Waals surface area contributed by atoms with Crippen molar-refractivity contribution in [2.45, 2.75) is 19.9 Å². The molecular weight excluding hydrogens is 313 g/mol. The maximum atomic E-state index is 6.34. The third-order valence-electron chi connectivity index (χ3n) is 3.23. The van der Waals surface area contributed by atoms with Crippen molar-refractivity contribution in [1.82, 2.24) is 5.32 Å². The van der Waals surface area contributed by atoms with Crippen LogP contribution in [0.25, 0.3) is 0 Å². The number of rotatable bonds is 4. The van der Waals surface area contributed by atoms with Gasteiger partial charge in [0.05, 0.1) is 6.04 Å². The van der Waals surface area contributed by atoms with E-state index in [1.165, 1.54) is 0 Å². The molecule has 0 aliphatic rings. The average Bonchev–Trinajstić information content (AvgIpc) is 2.42. The zero-order valence-electron chi connectivity index (χ0n) is 11.4. The van der Waals surface area contributed by atoms with E-state index in [4.69, 9.17) is 34.8 Å². The van der Waals surface area contributed by atoms with Crippen LogP contribution in [0.1, 0.15) is 29.7 Å². The van der Waals surface area contributed by atoms with Gasteiger partial charge in [-0.1, -0.05) is 47.8 Å². The molecule has 0 aromatic heterocycles. The van der Waals surface area contributed by atoms with Crippen LogP contribution in [0.3, 0.4) is 0 Å². The first-order valence-electron chi connectivity index (χ1n) is 6.47. The quantitative estimate of drug-likeness (QED) is 0.764. The van der Waals surface area contributed by atoms with E-state index in [1.54, 1.807) is 6.07 Å². The summed E-state index contributed by atoms with van der Waals surface area (Å²) >= 11 is 18.6. The first-order chi connectivity index (χ1) is 9.52. The lowest BCUT2D eigenvalue weighted by Gasteiger charge is -2.22. The first kappa shape index (κ1) is 15.7.